The van der Waals surface area contributed by atoms with Crippen molar-refractivity contribution in [1.82, 2.24) is 25.0 Å². The molecule has 4 rings (SSSR count). The van der Waals surface area contributed by atoms with E-state index in [1.165, 1.54) is 0 Å². The summed E-state index contributed by atoms with van der Waals surface area (Å²) in [6, 6.07) is 7.56. The van der Waals surface area contributed by atoms with E-state index in [0.29, 0.717) is 26.2 Å². The Morgan fingerprint density at radius 3 is 3.00 bits per heavy atom. The zero-order valence-corrected chi connectivity index (χ0v) is 14.1. The maximum Gasteiger partial charge on any atom is 0.234 e. The lowest BCUT2D eigenvalue weighted by Crippen LogP contribution is -2.45. The summed E-state index contributed by atoms with van der Waals surface area (Å²) in [4.78, 5) is 14.3. The van der Waals surface area contributed by atoms with Crippen LogP contribution < -0.4 is 14.8 Å². The van der Waals surface area contributed by atoms with Crippen LogP contribution in [0.4, 0.5) is 0 Å². The highest BCUT2D eigenvalue weighted by atomic mass is 16.6. The Labute approximate surface area is 145 Å². The molecule has 2 aliphatic heterocycles. The number of nitrogens with one attached hydrogen (secondary N) is 1. The Morgan fingerprint density at radius 2 is 2.12 bits per heavy atom. The van der Waals surface area contributed by atoms with Gasteiger partial charge in [-0.3, -0.25) is 9.69 Å². The second-order valence-electron chi connectivity index (χ2n) is 6.33. The van der Waals surface area contributed by atoms with Crippen LogP contribution in [0, 0.1) is 6.92 Å². The molecule has 1 amide bonds. The Balaban J connectivity index is 1.25. The van der Waals surface area contributed by atoms with E-state index in [2.05, 4.69) is 25.0 Å². The number of fused-ring (bicyclic) bond motifs is 2. The molecule has 0 radical (unpaired) electrons. The summed E-state index contributed by atoms with van der Waals surface area (Å²) in [6.45, 7) is 5.43. The lowest BCUT2D eigenvalue weighted by Gasteiger charge is -2.28. The first-order chi connectivity index (χ1) is 12.2. The van der Waals surface area contributed by atoms with E-state index in [9.17, 15) is 4.79 Å². The maximum absolute atomic E-state index is 12.2. The van der Waals surface area contributed by atoms with Crippen molar-refractivity contribution >= 4 is 5.91 Å². The molecule has 0 aliphatic carbocycles. The molecule has 8 nitrogen and oxygen atoms in total. The van der Waals surface area contributed by atoms with Crippen molar-refractivity contribution in [3.8, 4) is 11.5 Å². The minimum Gasteiger partial charge on any atom is -0.486 e. The molecule has 2 aliphatic rings. The van der Waals surface area contributed by atoms with Crippen LogP contribution in [0.25, 0.3) is 0 Å². The number of nitrogens with zero attached hydrogens (tertiary/aromatic N) is 4. The number of aryl methyl sites for hydroxylation is 1. The summed E-state index contributed by atoms with van der Waals surface area (Å²) in [6.07, 6.45) is -0.175. The van der Waals surface area contributed by atoms with Gasteiger partial charge >= 0.3 is 0 Å². The molecular formula is C17H21N5O3. The molecule has 0 saturated carbocycles. The second kappa shape index (κ2) is 6.72. The summed E-state index contributed by atoms with van der Waals surface area (Å²) < 4.78 is 13.6. The predicted octanol–water partition coefficient (Wildman–Crippen LogP) is 0.358. The van der Waals surface area contributed by atoms with Gasteiger partial charge in [0.05, 0.1) is 19.6 Å². The van der Waals surface area contributed by atoms with E-state index < -0.39 is 0 Å². The molecule has 3 heterocycles. The lowest BCUT2D eigenvalue weighted by atomic mass is 10.2. The Morgan fingerprint density at radius 1 is 1.28 bits per heavy atom. The highest BCUT2D eigenvalue weighted by Crippen LogP contribution is 2.30. The van der Waals surface area contributed by atoms with Gasteiger partial charge in [-0.15, -0.1) is 10.2 Å². The lowest BCUT2D eigenvalue weighted by molar-refractivity contribution is -0.123. The fraction of sp³-hybridized carbons (Fsp3) is 0.471. The number of benzene rings is 1. The quantitative estimate of drug-likeness (QED) is 0.863. The SMILES string of the molecule is Cc1nnc2n1CCN(CC(=O)NCC1COc3ccccc3O1)C2. The van der Waals surface area contributed by atoms with Crippen molar-refractivity contribution in [3.63, 3.8) is 0 Å². The molecule has 0 bridgehead atoms. The van der Waals surface area contributed by atoms with Gasteiger partial charge in [0.25, 0.3) is 0 Å². The van der Waals surface area contributed by atoms with Gasteiger partial charge < -0.3 is 19.4 Å². The fourth-order valence-corrected chi connectivity index (χ4v) is 3.14. The van der Waals surface area contributed by atoms with Crippen molar-refractivity contribution in [1.29, 1.82) is 0 Å². The molecule has 25 heavy (non-hydrogen) atoms. The van der Waals surface area contributed by atoms with E-state index >= 15 is 0 Å². The molecule has 1 aromatic heterocycles. The molecule has 0 saturated heterocycles. The molecule has 1 atom stereocenters. The number of para-hydroxylation sites is 2. The molecule has 1 N–H and O–H groups in total. The first kappa shape index (κ1) is 15.9. The average Bonchev–Trinajstić information content (AvgIpc) is 3.00. The Hall–Kier alpha value is -2.61. The summed E-state index contributed by atoms with van der Waals surface area (Å²) in [5.41, 5.74) is 0. The third-order valence-electron chi connectivity index (χ3n) is 4.48. The number of carbonyl (C=O) groups excluding carboxylic acids is 1. The van der Waals surface area contributed by atoms with E-state index in [1.807, 2.05) is 31.2 Å². The van der Waals surface area contributed by atoms with Crippen LogP contribution in [-0.2, 0) is 17.9 Å². The molecule has 0 spiro atoms. The van der Waals surface area contributed by atoms with Crippen LogP contribution in [0.1, 0.15) is 11.6 Å². The second-order valence-corrected chi connectivity index (χ2v) is 6.33. The average molecular weight is 343 g/mol. The van der Waals surface area contributed by atoms with Crippen LogP contribution in [0.5, 0.6) is 11.5 Å². The molecule has 8 heteroatoms. The summed E-state index contributed by atoms with van der Waals surface area (Å²) in [7, 11) is 0. The minimum atomic E-state index is -0.175. The zero-order chi connectivity index (χ0) is 17.2. The molecule has 0 fully saturated rings. The number of aromatic nitrogens is 3. The fourth-order valence-electron chi connectivity index (χ4n) is 3.14. The number of hydrogen-bond donors (Lipinski definition) is 1. The molecular weight excluding hydrogens is 322 g/mol. The van der Waals surface area contributed by atoms with Crippen LogP contribution in [0.15, 0.2) is 24.3 Å². The van der Waals surface area contributed by atoms with Gasteiger partial charge in [0.2, 0.25) is 5.91 Å². The van der Waals surface area contributed by atoms with Crippen molar-refractivity contribution in [2.24, 2.45) is 0 Å². The van der Waals surface area contributed by atoms with Gasteiger partial charge in [0.15, 0.2) is 11.5 Å². The van der Waals surface area contributed by atoms with E-state index in [4.69, 9.17) is 9.47 Å². The monoisotopic (exact) mass is 343 g/mol. The first-order valence-corrected chi connectivity index (χ1v) is 8.45. The standard InChI is InChI=1S/C17H21N5O3/c1-12-19-20-16-9-21(6-7-22(12)16)10-17(23)18-8-13-11-24-14-4-2-3-5-15(14)25-13/h2-5,13H,6-11H2,1H3,(H,18,23). The first-order valence-electron chi connectivity index (χ1n) is 8.45. The predicted molar refractivity (Wildman–Crippen MR) is 89.4 cm³/mol. The highest BCUT2D eigenvalue weighted by Gasteiger charge is 2.23. The van der Waals surface area contributed by atoms with Gasteiger partial charge in [0, 0.05) is 13.1 Å². The maximum atomic E-state index is 12.2. The number of ether oxygens (including phenoxy) is 2. The van der Waals surface area contributed by atoms with E-state index in [-0.39, 0.29) is 12.0 Å². The van der Waals surface area contributed by atoms with Crippen molar-refractivity contribution < 1.29 is 14.3 Å². The number of rotatable bonds is 4. The van der Waals surface area contributed by atoms with Gasteiger partial charge in [-0.2, -0.15) is 0 Å². The Kier molecular flexibility index (Phi) is 4.27. The Bertz CT molecular complexity index is 775. The van der Waals surface area contributed by atoms with Crippen molar-refractivity contribution in [2.45, 2.75) is 26.1 Å². The van der Waals surface area contributed by atoms with Crippen molar-refractivity contribution in [2.75, 3.05) is 26.2 Å². The summed E-state index contributed by atoms with van der Waals surface area (Å²) in [5.74, 6) is 3.29. The normalized spacial score (nSPS) is 19.3. The van der Waals surface area contributed by atoms with Crippen molar-refractivity contribution in [3.05, 3.63) is 35.9 Å². The minimum absolute atomic E-state index is 0.0212. The number of carbonyl (C=O) groups is 1. The van der Waals surface area contributed by atoms with E-state index in [1.54, 1.807) is 0 Å². The number of amides is 1. The topological polar surface area (TPSA) is 81.5 Å². The van der Waals surface area contributed by atoms with Crippen LogP contribution >= 0.6 is 0 Å². The van der Waals surface area contributed by atoms with Crippen LogP contribution in [0.2, 0.25) is 0 Å². The largest absolute Gasteiger partial charge is 0.486 e. The van der Waals surface area contributed by atoms with Gasteiger partial charge in [-0.1, -0.05) is 12.1 Å². The number of hydrogen-bond acceptors (Lipinski definition) is 6. The third kappa shape index (κ3) is 3.43. The smallest absolute Gasteiger partial charge is 0.234 e. The highest BCUT2D eigenvalue weighted by molar-refractivity contribution is 5.78. The third-order valence-corrected chi connectivity index (χ3v) is 4.48. The van der Waals surface area contributed by atoms with Gasteiger partial charge in [-0.25, -0.2) is 0 Å². The molecule has 1 aromatic carbocycles. The van der Waals surface area contributed by atoms with Gasteiger partial charge in [-0.05, 0) is 19.1 Å². The van der Waals surface area contributed by atoms with Crippen LogP contribution in [-0.4, -0.2) is 57.9 Å². The van der Waals surface area contributed by atoms with Crippen LogP contribution in [0.3, 0.4) is 0 Å². The molecule has 2 aromatic rings. The molecule has 1 unspecified atom stereocenters. The summed E-state index contributed by atoms with van der Waals surface area (Å²) in [5, 5.41) is 11.2. The van der Waals surface area contributed by atoms with E-state index in [0.717, 1.165) is 36.2 Å². The van der Waals surface area contributed by atoms with Gasteiger partial charge in [0.1, 0.15) is 24.4 Å². The summed E-state index contributed by atoms with van der Waals surface area (Å²) >= 11 is 0. The molecule has 132 valence electrons. The zero-order valence-electron chi connectivity index (χ0n) is 14.1.